The lowest BCUT2D eigenvalue weighted by atomic mass is 10.1. The zero-order valence-electron chi connectivity index (χ0n) is 23.8. The number of ether oxygens (including phenoxy) is 2. The molecule has 0 bridgehead atoms. The topological polar surface area (TPSA) is 119 Å². The molecular formula is C28H44N4O5. The molecule has 0 unspecified atom stereocenters. The number of fused-ring (bicyclic) bond motifs is 3. The van der Waals surface area contributed by atoms with Gasteiger partial charge in [0, 0.05) is 12.0 Å². The number of carbonyl (C=O) groups is 1. The second-order valence-corrected chi connectivity index (χ2v) is 10.6. The molecule has 9 nitrogen and oxygen atoms in total. The number of nitrogens with zero attached hydrogens (tertiary/aromatic N) is 3. The van der Waals surface area contributed by atoms with E-state index < -0.39 is 16.8 Å². The SMILES string of the molecule is CC.CCOCc1nc2c(NC(=O)C(C)(C)OCCC(C)(C)O)nc3ccccc3c2n1CC(C)(C)O. The van der Waals surface area contributed by atoms with Gasteiger partial charge in [0.05, 0.1) is 35.4 Å². The first-order chi connectivity index (χ1) is 17.2. The number of aliphatic hydroxyl groups is 2. The quantitative estimate of drug-likeness (QED) is 0.334. The van der Waals surface area contributed by atoms with Gasteiger partial charge in [-0.15, -0.1) is 0 Å². The van der Waals surface area contributed by atoms with Crippen LogP contribution in [-0.4, -0.2) is 60.7 Å². The highest BCUT2D eigenvalue weighted by atomic mass is 16.5. The summed E-state index contributed by atoms with van der Waals surface area (Å²) in [5.41, 5.74) is -1.07. The minimum atomic E-state index is -1.16. The van der Waals surface area contributed by atoms with Crippen molar-refractivity contribution in [2.24, 2.45) is 0 Å². The molecule has 0 spiro atoms. The normalized spacial score (nSPS) is 12.5. The maximum absolute atomic E-state index is 13.2. The number of hydrogen-bond donors (Lipinski definition) is 3. The Kier molecular flexibility index (Phi) is 10.2. The van der Waals surface area contributed by atoms with Crippen molar-refractivity contribution in [1.82, 2.24) is 14.5 Å². The van der Waals surface area contributed by atoms with Gasteiger partial charge < -0.3 is 29.6 Å². The van der Waals surface area contributed by atoms with Crippen LogP contribution in [0.5, 0.6) is 0 Å². The summed E-state index contributed by atoms with van der Waals surface area (Å²) in [4.78, 5) is 22.7. The first-order valence-electron chi connectivity index (χ1n) is 13.0. The molecule has 1 amide bonds. The number of pyridine rings is 1. The number of imidazole rings is 1. The molecule has 0 radical (unpaired) electrons. The molecule has 2 heterocycles. The summed E-state index contributed by atoms with van der Waals surface area (Å²) in [6, 6.07) is 7.63. The first kappa shape index (κ1) is 30.6. The summed E-state index contributed by atoms with van der Waals surface area (Å²) < 4.78 is 13.4. The standard InChI is InChI=1S/C26H38N4O5.C2H6/c1-8-34-15-19-28-20-21(30(19)16-25(4,5)33)17-11-9-10-12-18(17)27-22(20)29-23(31)26(6,7)35-14-13-24(2,3)32;1-2/h9-12,32-33H,8,13-16H2,1-7H3,(H,27,29,31);1-2H3. The molecule has 0 aliphatic rings. The van der Waals surface area contributed by atoms with E-state index in [9.17, 15) is 15.0 Å². The number of hydrogen-bond acceptors (Lipinski definition) is 7. The van der Waals surface area contributed by atoms with E-state index in [4.69, 9.17) is 19.4 Å². The number of nitrogens with one attached hydrogen (secondary N) is 1. The Morgan fingerprint density at radius 2 is 1.68 bits per heavy atom. The maximum atomic E-state index is 13.2. The van der Waals surface area contributed by atoms with Crippen molar-refractivity contribution >= 4 is 33.7 Å². The van der Waals surface area contributed by atoms with Crippen LogP contribution in [0.3, 0.4) is 0 Å². The number of para-hydroxylation sites is 1. The summed E-state index contributed by atoms with van der Waals surface area (Å²) in [5, 5.41) is 24.3. The Hall–Kier alpha value is -2.59. The van der Waals surface area contributed by atoms with E-state index in [2.05, 4.69) is 5.32 Å². The Balaban J connectivity index is 0.00000235. The Labute approximate surface area is 220 Å². The summed E-state index contributed by atoms with van der Waals surface area (Å²) in [7, 11) is 0. The van der Waals surface area contributed by atoms with E-state index >= 15 is 0 Å². The smallest absolute Gasteiger partial charge is 0.257 e. The Morgan fingerprint density at radius 3 is 2.27 bits per heavy atom. The Bertz CT molecular complexity index is 1190. The Morgan fingerprint density at radius 1 is 1.03 bits per heavy atom. The third-order valence-electron chi connectivity index (χ3n) is 5.60. The second kappa shape index (κ2) is 12.3. The number of anilines is 1. The van der Waals surface area contributed by atoms with Crippen molar-refractivity contribution in [3.8, 4) is 0 Å². The van der Waals surface area contributed by atoms with Gasteiger partial charge in [-0.1, -0.05) is 32.0 Å². The van der Waals surface area contributed by atoms with Crippen LogP contribution >= 0.6 is 0 Å². The van der Waals surface area contributed by atoms with E-state index in [1.165, 1.54) is 0 Å². The monoisotopic (exact) mass is 516 g/mol. The highest BCUT2D eigenvalue weighted by Gasteiger charge is 2.31. The first-order valence-corrected chi connectivity index (χ1v) is 13.0. The number of benzene rings is 1. The van der Waals surface area contributed by atoms with Crippen molar-refractivity contribution in [1.29, 1.82) is 0 Å². The van der Waals surface area contributed by atoms with Crippen LogP contribution in [-0.2, 0) is 27.4 Å². The molecule has 0 saturated carbocycles. The molecule has 1 aromatic carbocycles. The number of carbonyl (C=O) groups excluding carboxylic acids is 1. The third kappa shape index (κ3) is 8.20. The van der Waals surface area contributed by atoms with Crippen LogP contribution in [0.4, 0.5) is 5.82 Å². The lowest BCUT2D eigenvalue weighted by molar-refractivity contribution is -0.138. The molecule has 9 heteroatoms. The van der Waals surface area contributed by atoms with Crippen molar-refractivity contribution in [2.75, 3.05) is 18.5 Å². The average Bonchev–Trinajstić information content (AvgIpc) is 3.15. The van der Waals surface area contributed by atoms with Crippen LogP contribution in [0, 0.1) is 0 Å². The number of aromatic nitrogens is 3. The largest absolute Gasteiger partial charge is 0.390 e. The van der Waals surface area contributed by atoms with Crippen LogP contribution in [0.1, 0.15) is 74.6 Å². The second-order valence-electron chi connectivity index (χ2n) is 10.6. The number of rotatable bonds is 11. The molecule has 37 heavy (non-hydrogen) atoms. The lowest BCUT2D eigenvalue weighted by Crippen LogP contribution is -2.41. The highest BCUT2D eigenvalue weighted by Crippen LogP contribution is 2.32. The minimum Gasteiger partial charge on any atom is -0.390 e. The zero-order chi connectivity index (χ0) is 28.0. The fourth-order valence-corrected chi connectivity index (χ4v) is 3.71. The average molecular weight is 517 g/mol. The minimum absolute atomic E-state index is 0.225. The van der Waals surface area contributed by atoms with Crippen LogP contribution in [0.25, 0.3) is 21.9 Å². The molecule has 2 aromatic heterocycles. The van der Waals surface area contributed by atoms with E-state index in [0.717, 1.165) is 10.9 Å². The molecular weight excluding hydrogens is 472 g/mol. The van der Waals surface area contributed by atoms with Gasteiger partial charge in [-0.05, 0) is 61.0 Å². The van der Waals surface area contributed by atoms with Crippen molar-refractivity contribution in [2.45, 2.75) is 98.7 Å². The molecule has 206 valence electrons. The molecule has 0 saturated heterocycles. The summed E-state index contributed by atoms with van der Waals surface area (Å²) in [6.07, 6.45) is 0.393. The van der Waals surface area contributed by atoms with E-state index in [0.29, 0.717) is 42.2 Å². The van der Waals surface area contributed by atoms with Gasteiger partial charge in [0.2, 0.25) is 0 Å². The molecule has 3 aromatic rings. The molecule has 0 aliphatic heterocycles. The summed E-state index contributed by atoms with van der Waals surface area (Å²) >= 11 is 0. The maximum Gasteiger partial charge on any atom is 0.257 e. The molecule has 0 fully saturated rings. The van der Waals surface area contributed by atoms with Gasteiger partial charge >= 0.3 is 0 Å². The third-order valence-corrected chi connectivity index (χ3v) is 5.60. The van der Waals surface area contributed by atoms with Gasteiger partial charge in [-0.25, -0.2) is 9.97 Å². The fraction of sp³-hybridized carbons (Fsp3) is 0.607. The van der Waals surface area contributed by atoms with Gasteiger partial charge in [0.15, 0.2) is 5.82 Å². The summed E-state index contributed by atoms with van der Waals surface area (Å²) in [6.45, 7) is 17.4. The van der Waals surface area contributed by atoms with Gasteiger partial charge in [0.25, 0.3) is 5.91 Å². The molecule has 3 rings (SSSR count). The van der Waals surface area contributed by atoms with E-state index in [-0.39, 0.29) is 19.1 Å². The predicted molar refractivity (Wildman–Crippen MR) is 148 cm³/mol. The molecule has 0 atom stereocenters. The predicted octanol–water partition coefficient (Wildman–Crippen LogP) is 4.81. The lowest BCUT2D eigenvalue weighted by Gasteiger charge is -2.26. The van der Waals surface area contributed by atoms with Gasteiger partial charge in [0.1, 0.15) is 23.5 Å². The zero-order valence-corrected chi connectivity index (χ0v) is 23.8. The van der Waals surface area contributed by atoms with Crippen LogP contribution in [0.15, 0.2) is 24.3 Å². The van der Waals surface area contributed by atoms with Crippen molar-refractivity contribution in [3.05, 3.63) is 30.1 Å². The highest BCUT2D eigenvalue weighted by molar-refractivity contribution is 6.10. The fourth-order valence-electron chi connectivity index (χ4n) is 3.71. The van der Waals surface area contributed by atoms with E-state index in [1.54, 1.807) is 41.5 Å². The van der Waals surface area contributed by atoms with Gasteiger partial charge in [-0.2, -0.15) is 0 Å². The van der Waals surface area contributed by atoms with Crippen LogP contribution < -0.4 is 5.32 Å². The van der Waals surface area contributed by atoms with Crippen molar-refractivity contribution < 1.29 is 24.5 Å². The number of amides is 1. The molecule has 0 aliphatic carbocycles. The van der Waals surface area contributed by atoms with E-state index in [1.807, 2.05) is 49.6 Å². The molecule has 3 N–H and O–H groups in total. The summed E-state index contributed by atoms with van der Waals surface area (Å²) in [5.74, 6) is 0.578. The van der Waals surface area contributed by atoms with Gasteiger partial charge in [-0.3, -0.25) is 4.79 Å². The van der Waals surface area contributed by atoms with Crippen molar-refractivity contribution in [3.63, 3.8) is 0 Å². The van der Waals surface area contributed by atoms with Crippen LogP contribution in [0.2, 0.25) is 0 Å².